The molecule has 0 unspecified atom stereocenters. The number of rotatable bonds is 1. The molecule has 0 aliphatic rings. The highest BCUT2D eigenvalue weighted by Gasteiger charge is 2.22. The zero-order valence-corrected chi connectivity index (χ0v) is 12.9. The van der Waals surface area contributed by atoms with Gasteiger partial charge in [0.15, 0.2) is 0 Å². The van der Waals surface area contributed by atoms with E-state index in [1.54, 1.807) is 17.0 Å². The lowest BCUT2D eigenvalue weighted by Crippen LogP contribution is -2.27. The molecule has 112 valence electrons. The number of benzene rings is 1. The maximum absolute atomic E-state index is 12.6. The molecular formula is C18H18N2O2. The summed E-state index contributed by atoms with van der Waals surface area (Å²) in [6.45, 7) is 5.57. The Hall–Kier alpha value is -2.62. The van der Waals surface area contributed by atoms with Gasteiger partial charge in [0.25, 0.3) is 0 Å². The van der Waals surface area contributed by atoms with Crippen molar-refractivity contribution < 1.29 is 9.53 Å². The molecule has 3 rings (SSSR count). The van der Waals surface area contributed by atoms with E-state index < -0.39 is 11.7 Å². The van der Waals surface area contributed by atoms with Crippen LogP contribution in [0.2, 0.25) is 0 Å². The first-order valence-corrected chi connectivity index (χ1v) is 7.20. The fourth-order valence-corrected chi connectivity index (χ4v) is 2.37. The minimum Gasteiger partial charge on any atom is -0.443 e. The minimum atomic E-state index is -0.552. The Labute approximate surface area is 129 Å². The van der Waals surface area contributed by atoms with Crippen LogP contribution in [0.15, 0.2) is 54.9 Å². The van der Waals surface area contributed by atoms with E-state index in [1.807, 2.05) is 63.2 Å². The number of hydrogen-bond donors (Lipinski definition) is 0. The number of carbonyl (C=O) groups is 1. The lowest BCUT2D eigenvalue weighted by molar-refractivity contribution is 0.0547. The van der Waals surface area contributed by atoms with Crippen LogP contribution in [0.4, 0.5) is 4.79 Å². The van der Waals surface area contributed by atoms with Gasteiger partial charge in [-0.25, -0.2) is 9.36 Å². The molecule has 4 nitrogen and oxygen atoms in total. The van der Waals surface area contributed by atoms with E-state index in [0.717, 1.165) is 22.2 Å². The van der Waals surface area contributed by atoms with E-state index in [-0.39, 0.29) is 0 Å². The number of hydrogen-bond acceptors (Lipinski definition) is 3. The summed E-state index contributed by atoms with van der Waals surface area (Å²) in [5, 5.41) is 0.958. The highest BCUT2D eigenvalue weighted by atomic mass is 16.6. The van der Waals surface area contributed by atoms with Crippen molar-refractivity contribution in [1.29, 1.82) is 0 Å². The van der Waals surface area contributed by atoms with E-state index in [0.29, 0.717) is 0 Å². The summed E-state index contributed by atoms with van der Waals surface area (Å²) in [5.74, 6) is 0. The standard InChI is InChI=1S/C18H18N2O2/c1-18(2,3)22-17(21)20-15(13-7-5-4-6-8-13)11-14-9-10-19-12-16(14)20/h4-12H,1-3H3. The van der Waals surface area contributed by atoms with Crippen LogP contribution in [0.5, 0.6) is 0 Å². The predicted molar refractivity (Wildman–Crippen MR) is 86.8 cm³/mol. The van der Waals surface area contributed by atoms with E-state index in [9.17, 15) is 4.79 Å². The molecule has 0 fully saturated rings. The van der Waals surface area contributed by atoms with Gasteiger partial charge in [0, 0.05) is 11.6 Å². The summed E-state index contributed by atoms with van der Waals surface area (Å²) < 4.78 is 7.13. The van der Waals surface area contributed by atoms with Crippen molar-refractivity contribution in [2.24, 2.45) is 0 Å². The fraction of sp³-hybridized carbons (Fsp3) is 0.222. The molecule has 4 heteroatoms. The Morgan fingerprint density at radius 2 is 1.86 bits per heavy atom. The molecule has 0 saturated heterocycles. The Morgan fingerprint density at radius 3 is 2.55 bits per heavy atom. The number of ether oxygens (including phenoxy) is 1. The molecule has 0 aliphatic heterocycles. The van der Waals surface area contributed by atoms with Crippen LogP contribution in [-0.2, 0) is 4.74 Å². The lowest BCUT2D eigenvalue weighted by Gasteiger charge is -2.21. The molecule has 22 heavy (non-hydrogen) atoms. The van der Waals surface area contributed by atoms with E-state index in [1.165, 1.54) is 0 Å². The molecule has 1 aromatic carbocycles. The summed E-state index contributed by atoms with van der Waals surface area (Å²) in [6, 6.07) is 13.7. The largest absolute Gasteiger partial charge is 0.443 e. The molecular weight excluding hydrogens is 276 g/mol. The van der Waals surface area contributed by atoms with Crippen molar-refractivity contribution in [3.05, 3.63) is 54.9 Å². The quantitative estimate of drug-likeness (QED) is 0.664. The molecule has 0 spiro atoms. The van der Waals surface area contributed by atoms with Crippen molar-refractivity contribution in [3.63, 3.8) is 0 Å². The average molecular weight is 294 g/mol. The Kier molecular flexibility index (Phi) is 3.45. The van der Waals surface area contributed by atoms with Crippen LogP contribution in [0.1, 0.15) is 20.8 Å². The molecule has 2 heterocycles. The van der Waals surface area contributed by atoms with Gasteiger partial charge in [-0.2, -0.15) is 0 Å². The summed E-state index contributed by atoms with van der Waals surface area (Å²) in [4.78, 5) is 16.8. The predicted octanol–water partition coefficient (Wildman–Crippen LogP) is 4.49. The van der Waals surface area contributed by atoms with Crippen LogP contribution in [0.25, 0.3) is 22.2 Å². The van der Waals surface area contributed by atoms with E-state index in [4.69, 9.17) is 4.74 Å². The fourth-order valence-electron chi connectivity index (χ4n) is 2.37. The third kappa shape index (κ3) is 2.72. The average Bonchev–Trinajstić information content (AvgIpc) is 2.86. The number of carbonyl (C=O) groups excluding carboxylic acids is 1. The molecule has 3 aromatic rings. The summed E-state index contributed by atoms with van der Waals surface area (Å²) in [7, 11) is 0. The number of aromatic nitrogens is 2. The highest BCUT2D eigenvalue weighted by Crippen LogP contribution is 2.28. The van der Waals surface area contributed by atoms with Gasteiger partial charge in [0.2, 0.25) is 0 Å². The Bertz CT molecular complexity index is 814. The van der Waals surface area contributed by atoms with Crippen LogP contribution in [0.3, 0.4) is 0 Å². The molecule has 0 radical (unpaired) electrons. The Morgan fingerprint density at radius 1 is 1.14 bits per heavy atom. The molecule has 0 N–H and O–H groups in total. The van der Waals surface area contributed by atoms with Crippen LogP contribution < -0.4 is 0 Å². The smallest absolute Gasteiger partial charge is 0.419 e. The first-order chi connectivity index (χ1) is 10.5. The lowest BCUT2D eigenvalue weighted by atomic mass is 10.1. The second kappa shape index (κ2) is 5.30. The SMILES string of the molecule is CC(C)(C)OC(=O)n1c(-c2ccccc2)cc2ccncc21. The minimum absolute atomic E-state index is 0.394. The van der Waals surface area contributed by atoms with Gasteiger partial charge in [-0.3, -0.25) is 4.98 Å². The molecule has 0 bridgehead atoms. The highest BCUT2D eigenvalue weighted by molar-refractivity contribution is 5.95. The molecule has 2 aromatic heterocycles. The van der Waals surface area contributed by atoms with Gasteiger partial charge in [0.1, 0.15) is 5.60 Å². The third-order valence-electron chi connectivity index (χ3n) is 3.25. The zero-order chi connectivity index (χ0) is 15.7. The number of nitrogens with zero attached hydrogens (tertiary/aromatic N) is 2. The first-order valence-electron chi connectivity index (χ1n) is 7.20. The van der Waals surface area contributed by atoms with Gasteiger partial charge in [-0.1, -0.05) is 30.3 Å². The van der Waals surface area contributed by atoms with Gasteiger partial charge in [-0.05, 0) is 38.5 Å². The maximum atomic E-state index is 12.6. The first kappa shape index (κ1) is 14.3. The topological polar surface area (TPSA) is 44.1 Å². The van der Waals surface area contributed by atoms with Crippen LogP contribution >= 0.6 is 0 Å². The van der Waals surface area contributed by atoms with Gasteiger partial charge in [-0.15, -0.1) is 0 Å². The van der Waals surface area contributed by atoms with Gasteiger partial charge >= 0.3 is 6.09 Å². The monoisotopic (exact) mass is 294 g/mol. The molecule has 0 aliphatic carbocycles. The summed E-state index contributed by atoms with van der Waals surface area (Å²) >= 11 is 0. The number of pyridine rings is 1. The van der Waals surface area contributed by atoms with Crippen LogP contribution in [0, 0.1) is 0 Å². The van der Waals surface area contributed by atoms with Crippen molar-refractivity contribution >= 4 is 17.0 Å². The summed E-state index contributed by atoms with van der Waals surface area (Å²) in [5.41, 5.74) is 1.96. The van der Waals surface area contributed by atoms with Crippen LogP contribution in [-0.4, -0.2) is 21.2 Å². The second-order valence-corrected chi connectivity index (χ2v) is 6.15. The normalized spacial score (nSPS) is 11.6. The van der Waals surface area contributed by atoms with Gasteiger partial charge < -0.3 is 4.74 Å². The van der Waals surface area contributed by atoms with Crippen molar-refractivity contribution in [2.75, 3.05) is 0 Å². The van der Waals surface area contributed by atoms with E-state index >= 15 is 0 Å². The Balaban J connectivity index is 2.20. The van der Waals surface area contributed by atoms with Gasteiger partial charge in [0.05, 0.1) is 17.4 Å². The molecule has 0 atom stereocenters. The number of fused-ring (bicyclic) bond motifs is 1. The molecule has 0 saturated carbocycles. The zero-order valence-electron chi connectivity index (χ0n) is 12.9. The maximum Gasteiger partial charge on any atom is 0.419 e. The van der Waals surface area contributed by atoms with Crippen molar-refractivity contribution in [1.82, 2.24) is 9.55 Å². The summed E-state index contributed by atoms with van der Waals surface area (Å²) in [6.07, 6.45) is 3.01. The van der Waals surface area contributed by atoms with E-state index in [2.05, 4.69) is 4.98 Å². The molecule has 0 amide bonds. The second-order valence-electron chi connectivity index (χ2n) is 6.15. The third-order valence-corrected chi connectivity index (χ3v) is 3.25. The van der Waals surface area contributed by atoms with Crippen molar-refractivity contribution in [2.45, 2.75) is 26.4 Å². The van der Waals surface area contributed by atoms with Crippen molar-refractivity contribution in [3.8, 4) is 11.3 Å².